The Morgan fingerprint density at radius 3 is 2.32 bits per heavy atom. The van der Waals surface area contributed by atoms with Gasteiger partial charge in [0.25, 0.3) is 5.91 Å². The van der Waals surface area contributed by atoms with Crippen molar-refractivity contribution in [2.24, 2.45) is 5.92 Å². The Kier molecular flexibility index (Phi) is 9.03. The highest BCUT2D eigenvalue weighted by molar-refractivity contribution is 5.98. The third-order valence-corrected chi connectivity index (χ3v) is 8.01. The summed E-state index contributed by atoms with van der Waals surface area (Å²) < 4.78 is 14.9. The molecule has 2 N–H and O–H groups in total. The molecule has 5 nitrogen and oxygen atoms in total. The standard InChI is InChI=1S/C35H43FN2O3/c1-23-10-7-14-29(36)30(23)33(40)38-21-9-13-28(32(39)37-27-12-8-11-26(22-27)34(2,3)4)31(38)25-17-15-24(16-18-25)19-20-35(5,6)41/h7-8,10-12,14-18,22,28,31,41H,9,13,19-21H2,1-6H3,(H,37,39)/t28?,31-/m0/s1. The van der Waals surface area contributed by atoms with E-state index in [1.807, 2.05) is 42.5 Å². The van der Waals surface area contributed by atoms with Crippen molar-refractivity contribution in [3.8, 4) is 0 Å². The second-order valence-corrected chi connectivity index (χ2v) is 13.0. The average molecular weight is 559 g/mol. The summed E-state index contributed by atoms with van der Waals surface area (Å²) >= 11 is 0. The SMILES string of the molecule is Cc1cccc(F)c1C(=O)N1CCCC(C(=O)Nc2cccc(C(C)(C)C)c2)[C@@H]1c1ccc(CCC(C)(C)O)cc1. The molecule has 2 amide bonds. The fourth-order valence-corrected chi connectivity index (χ4v) is 5.59. The summed E-state index contributed by atoms with van der Waals surface area (Å²) in [6.07, 6.45) is 2.57. The van der Waals surface area contributed by atoms with Crippen LogP contribution in [-0.2, 0) is 16.6 Å². The van der Waals surface area contributed by atoms with Gasteiger partial charge in [0.15, 0.2) is 0 Å². The molecule has 0 bridgehead atoms. The smallest absolute Gasteiger partial charge is 0.257 e. The van der Waals surface area contributed by atoms with Crippen molar-refractivity contribution in [2.75, 3.05) is 11.9 Å². The Morgan fingerprint density at radius 2 is 1.68 bits per heavy atom. The van der Waals surface area contributed by atoms with E-state index >= 15 is 0 Å². The number of hydrogen-bond acceptors (Lipinski definition) is 3. The second kappa shape index (κ2) is 12.2. The van der Waals surface area contributed by atoms with Crippen LogP contribution in [0.5, 0.6) is 0 Å². The van der Waals surface area contributed by atoms with Gasteiger partial charge in [-0.25, -0.2) is 4.39 Å². The number of aliphatic hydroxyl groups is 1. The van der Waals surface area contributed by atoms with E-state index in [1.165, 1.54) is 6.07 Å². The molecule has 41 heavy (non-hydrogen) atoms. The first kappa shape index (κ1) is 30.4. The molecule has 1 saturated heterocycles. The minimum absolute atomic E-state index is 0.0539. The van der Waals surface area contributed by atoms with Gasteiger partial charge in [-0.05, 0) is 92.3 Å². The number of hydrogen-bond donors (Lipinski definition) is 2. The summed E-state index contributed by atoms with van der Waals surface area (Å²) in [5, 5.41) is 13.3. The molecule has 1 unspecified atom stereocenters. The molecule has 0 aromatic heterocycles. The zero-order valence-corrected chi connectivity index (χ0v) is 25.1. The van der Waals surface area contributed by atoms with E-state index in [2.05, 4.69) is 32.2 Å². The summed E-state index contributed by atoms with van der Waals surface area (Å²) in [7, 11) is 0. The Morgan fingerprint density at radius 1 is 1.00 bits per heavy atom. The molecule has 0 radical (unpaired) electrons. The molecular weight excluding hydrogens is 515 g/mol. The number of nitrogens with one attached hydrogen (secondary N) is 1. The monoisotopic (exact) mass is 558 g/mol. The van der Waals surface area contributed by atoms with Crippen LogP contribution in [-0.4, -0.2) is 34.0 Å². The van der Waals surface area contributed by atoms with E-state index < -0.39 is 29.3 Å². The molecule has 6 heteroatoms. The van der Waals surface area contributed by atoms with Gasteiger partial charge in [0.05, 0.1) is 23.1 Å². The third-order valence-electron chi connectivity index (χ3n) is 8.01. The fourth-order valence-electron chi connectivity index (χ4n) is 5.59. The molecule has 0 aliphatic carbocycles. The topological polar surface area (TPSA) is 69.6 Å². The van der Waals surface area contributed by atoms with E-state index in [-0.39, 0.29) is 16.9 Å². The lowest BCUT2D eigenvalue weighted by Crippen LogP contribution is -2.46. The first-order chi connectivity index (χ1) is 19.2. The molecule has 0 spiro atoms. The van der Waals surface area contributed by atoms with Crippen LogP contribution in [0.15, 0.2) is 66.7 Å². The molecule has 3 aromatic rings. The van der Waals surface area contributed by atoms with Gasteiger partial charge in [0, 0.05) is 12.2 Å². The molecule has 0 saturated carbocycles. The fraction of sp³-hybridized carbons (Fsp3) is 0.429. The number of likely N-dealkylation sites (tertiary alicyclic amines) is 1. The second-order valence-electron chi connectivity index (χ2n) is 13.0. The first-order valence-corrected chi connectivity index (χ1v) is 14.5. The normalized spacial score (nSPS) is 17.8. The number of rotatable bonds is 7. The molecule has 1 aliphatic rings. The van der Waals surface area contributed by atoms with Gasteiger partial charge in [0.2, 0.25) is 5.91 Å². The largest absolute Gasteiger partial charge is 0.390 e. The van der Waals surface area contributed by atoms with E-state index in [1.54, 1.807) is 37.8 Å². The van der Waals surface area contributed by atoms with Crippen LogP contribution in [0, 0.1) is 18.7 Å². The maximum atomic E-state index is 14.9. The number of anilines is 1. The Hall–Kier alpha value is -3.51. The molecule has 4 rings (SSSR count). The zero-order valence-electron chi connectivity index (χ0n) is 25.1. The predicted molar refractivity (Wildman–Crippen MR) is 162 cm³/mol. The van der Waals surface area contributed by atoms with Gasteiger partial charge in [-0.2, -0.15) is 0 Å². The molecule has 1 aliphatic heterocycles. The molecule has 218 valence electrons. The Balaban J connectivity index is 1.69. The van der Waals surface area contributed by atoms with Crippen LogP contribution in [0.1, 0.15) is 92.5 Å². The lowest BCUT2D eigenvalue weighted by atomic mass is 9.82. The third kappa shape index (κ3) is 7.42. The van der Waals surface area contributed by atoms with Crippen molar-refractivity contribution in [2.45, 2.75) is 84.3 Å². The molecule has 3 aromatic carbocycles. The van der Waals surface area contributed by atoms with Gasteiger partial charge in [-0.3, -0.25) is 9.59 Å². The zero-order chi connectivity index (χ0) is 29.9. The van der Waals surface area contributed by atoms with Crippen molar-refractivity contribution < 1.29 is 19.1 Å². The lowest BCUT2D eigenvalue weighted by molar-refractivity contribution is -0.123. The number of piperidine rings is 1. The number of halogens is 1. The van der Waals surface area contributed by atoms with Gasteiger partial charge >= 0.3 is 0 Å². The summed E-state index contributed by atoms with van der Waals surface area (Å²) in [6.45, 7) is 12.1. The van der Waals surface area contributed by atoms with Crippen LogP contribution in [0.4, 0.5) is 10.1 Å². The predicted octanol–water partition coefficient (Wildman–Crippen LogP) is 7.37. The van der Waals surface area contributed by atoms with Gasteiger partial charge in [-0.15, -0.1) is 0 Å². The minimum Gasteiger partial charge on any atom is -0.390 e. The number of aryl methyl sites for hydroxylation is 2. The van der Waals surface area contributed by atoms with E-state index in [0.717, 1.165) is 22.4 Å². The van der Waals surface area contributed by atoms with Crippen molar-refractivity contribution in [1.29, 1.82) is 0 Å². The highest BCUT2D eigenvalue weighted by Gasteiger charge is 2.40. The van der Waals surface area contributed by atoms with E-state index in [4.69, 9.17) is 0 Å². The van der Waals surface area contributed by atoms with E-state index in [9.17, 15) is 19.1 Å². The van der Waals surface area contributed by atoms with Crippen molar-refractivity contribution in [3.63, 3.8) is 0 Å². The van der Waals surface area contributed by atoms with Crippen molar-refractivity contribution in [1.82, 2.24) is 4.90 Å². The first-order valence-electron chi connectivity index (χ1n) is 14.5. The van der Waals surface area contributed by atoms with Crippen LogP contribution in [0.25, 0.3) is 0 Å². The lowest BCUT2D eigenvalue weighted by Gasteiger charge is -2.41. The van der Waals surface area contributed by atoms with Crippen LogP contribution in [0.3, 0.4) is 0 Å². The number of nitrogens with zero attached hydrogens (tertiary/aromatic N) is 1. The summed E-state index contributed by atoms with van der Waals surface area (Å²) in [5.74, 6) is -1.62. The molecular formula is C35H43FN2O3. The van der Waals surface area contributed by atoms with E-state index in [0.29, 0.717) is 37.8 Å². The van der Waals surface area contributed by atoms with Crippen LogP contribution < -0.4 is 5.32 Å². The number of carbonyl (C=O) groups excluding carboxylic acids is 2. The van der Waals surface area contributed by atoms with Crippen LogP contribution >= 0.6 is 0 Å². The summed E-state index contributed by atoms with van der Waals surface area (Å²) in [5.41, 5.74) is 3.52. The van der Waals surface area contributed by atoms with Crippen molar-refractivity contribution >= 4 is 17.5 Å². The Labute approximate surface area is 243 Å². The quantitative estimate of drug-likeness (QED) is 0.318. The highest BCUT2D eigenvalue weighted by Crippen LogP contribution is 2.39. The number of benzene rings is 3. The minimum atomic E-state index is -0.768. The van der Waals surface area contributed by atoms with Gasteiger partial charge < -0.3 is 15.3 Å². The summed E-state index contributed by atoms with van der Waals surface area (Å²) in [6, 6.07) is 19.9. The van der Waals surface area contributed by atoms with Crippen LogP contribution in [0.2, 0.25) is 0 Å². The average Bonchev–Trinajstić information content (AvgIpc) is 2.91. The van der Waals surface area contributed by atoms with Crippen molar-refractivity contribution in [3.05, 3.63) is 100 Å². The number of carbonyl (C=O) groups is 2. The molecule has 1 heterocycles. The summed E-state index contributed by atoms with van der Waals surface area (Å²) in [4.78, 5) is 29.5. The molecule has 1 fully saturated rings. The molecule has 2 atom stereocenters. The maximum absolute atomic E-state index is 14.9. The van der Waals surface area contributed by atoms with Gasteiger partial charge in [0.1, 0.15) is 5.82 Å². The Bertz CT molecular complexity index is 1370. The highest BCUT2D eigenvalue weighted by atomic mass is 19.1. The van der Waals surface area contributed by atoms with Gasteiger partial charge in [-0.1, -0.05) is 69.3 Å². The maximum Gasteiger partial charge on any atom is 0.257 e. The number of amides is 2.